The Hall–Kier alpha value is -1.73. The van der Waals surface area contributed by atoms with Crippen molar-refractivity contribution < 1.29 is 23.1 Å². The van der Waals surface area contributed by atoms with Gasteiger partial charge >= 0.3 is 0 Å². The van der Waals surface area contributed by atoms with Crippen molar-refractivity contribution in [1.82, 2.24) is 4.90 Å². The van der Waals surface area contributed by atoms with Crippen molar-refractivity contribution in [2.75, 3.05) is 18.1 Å². The maximum Gasteiger partial charge on any atom is 0.222 e. The molecule has 1 saturated heterocycles. The molecule has 1 aromatic carbocycles. The van der Waals surface area contributed by atoms with Gasteiger partial charge in [0.1, 0.15) is 0 Å². The summed E-state index contributed by atoms with van der Waals surface area (Å²) in [6.45, 7) is 2.09. The number of carbonyl (C=O) groups excluding carboxylic acids is 2. The zero-order valence-corrected chi connectivity index (χ0v) is 14.5. The lowest BCUT2D eigenvalue weighted by Crippen LogP contribution is -2.46. The molecule has 0 unspecified atom stereocenters. The third-order valence-corrected chi connectivity index (χ3v) is 5.94. The average molecular weight is 353 g/mol. The van der Waals surface area contributed by atoms with Gasteiger partial charge in [-0.3, -0.25) is 9.59 Å². The Kier molecular flexibility index (Phi) is 6.12. The number of ketones is 1. The summed E-state index contributed by atoms with van der Waals surface area (Å²) < 4.78 is 23.2. The van der Waals surface area contributed by atoms with E-state index in [0.29, 0.717) is 18.5 Å². The van der Waals surface area contributed by atoms with E-state index in [4.69, 9.17) is 0 Å². The molecule has 1 heterocycles. The van der Waals surface area contributed by atoms with Crippen LogP contribution in [0.4, 0.5) is 0 Å². The second-order valence-electron chi connectivity index (χ2n) is 6.03. The first-order valence-corrected chi connectivity index (χ1v) is 9.92. The average Bonchev–Trinajstić information content (AvgIpc) is 2.81. The highest BCUT2D eigenvalue weighted by Gasteiger charge is 2.41. The van der Waals surface area contributed by atoms with E-state index in [1.807, 2.05) is 6.07 Å². The molecule has 1 N–H and O–H groups in total. The highest BCUT2D eigenvalue weighted by molar-refractivity contribution is 7.91. The van der Waals surface area contributed by atoms with Crippen molar-refractivity contribution in [2.24, 2.45) is 0 Å². The van der Waals surface area contributed by atoms with E-state index in [2.05, 4.69) is 0 Å². The molecule has 24 heavy (non-hydrogen) atoms. The van der Waals surface area contributed by atoms with E-state index < -0.39 is 22.0 Å². The Morgan fingerprint density at radius 2 is 1.83 bits per heavy atom. The molecule has 1 aliphatic rings. The van der Waals surface area contributed by atoms with Gasteiger partial charge in [-0.2, -0.15) is 0 Å². The minimum absolute atomic E-state index is 0.0186. The molecule has 1 amide bonds. The summed E-state index contributed by atoms with van der Waals surface area (Å²) in [5, 5.41) is 9.91. The van der Waals surface area contributed by atoms with Gasteiger partial charge < -0.3 is 10.0 Å². The molecule has 0 aromatic heterocycles. The number of likely N-dealkylation sites (N-methyl/N-ethyl adjacent to an activating group) is 1. The van der Waals surface area contributed by atoms with Crippen LogP contribution in [0.5, 0.6) is 0 Å². The molecule has 132 valence electrons. The summed E-state index contributed by atoms with van der Waals surface area (Å²) in [5.74, 6) is -0.737. The molecule has 2 atom stereocenters. The molecule has 0 spiro atoms. The third kappa shape index (κ3) is 4.64. The van der Waals surface area contributed by atoms with Crippen molar-refractivity contribution in [3.8, 4) is 0 Å². The largest absolute Gasteiger partial charge is 0.390 e. The summed E-state index contributed by atoms with van der Waals surface area (Å²) in [7, 11) is -3.30. The maximum atomic E-state index is 12.3. The smallest absolute Gasteiger partial charge is 0.222 e. The molecule has 2 rings (SSSR count). The first-order chi connectivity index (χ1) is 11.3. The number of benzene rings is 1. The summed E-state index contributed by atoms with van der Waals surface area (Å²) in [6.07, 6.45) is -0.211. The Bertz CT molecular complexity index is 686. The zero-order valence-electron chi connectivity index (χ0n) is 13.7. The third-order valence-electron chi connectivity index (χ3n) is 4.25. The highest BCUT2D eigenvalue weighted by Crippen LogP contribution is 2.20. The van der Waals surface area contributed by atoms with Gasteiger partial charge in [0.15, 0.2) is 15.6 Å². The maximum absolute atomic E-state index is 12.3. The van der Waals surface area contributed by atoms with E-state index in [-0.39, 0.29) is 36.0 Å². The lowest BCUT2D eigenvalue weighted by atomic mass is 10.0. The van der Waals surface area contributed by atoms with E-state index in [1.54, 1.807) is 31.2 Å². The monoisotopic (exact) mass is 353 g/mol. The van der Waals surface area contributed by atoms with Gasteiger partial charge in [0.2, 0.25) is 5.91 Å². The first kappa shape index (κ1) is 18.6. The van der Waals surface area contributed by atoms with Gasteiger partial charge in [-0.05, 0) is 13.3 Å². The van der Waals surface area contributed by atoms with Crippen LogP contribution >= 0.6 is 0 Å². The number of hydrogen-bond acceptors (Lipinski definition) is 5. The van der Waals surface area contributed by atoms with Crippen molar-refractivity contribution in [3.63, 3.8) is 0 Å². The fraction of sp³-hybridized carbons (Fsp3) is 0.529. The molecule has 0 bridgehead atoms. The minimum atomic E-state index is -3.30. The van der Waals surface area contributed by atoms with Gasteiger partial charge in [0, 0.05) is 24.9 Å². The fourth-order valence-electron chi connectivity index (χ4n) is 3.02. The van der Waals surface area contributed by atoms with E-state index >= 15 is 0 Å². The van der Waals surface area contributed by atoms with Crippen molar-refractivity contribution in [2.45, 2.75) is 38.3 Å². The minimum Gasteiger partial charge on any atom is -0.390 e. The normalized spacial score (nSPS) is 22.2. The second-order valence-corrected chi connectivity index (χ2v) is 8.19. The number of Topliss-reactive ketones (excluding diaryl/α,β-unsaturated/α-hetero) is 1. The van der Waals surface area contributed by atoms with Crippen LogP contribution in [0.2, 0.25) is 0 Å². The Morgan fingerprint density at radius 3 is 2.38 bits per heavy atom. The molecule has 1 aromatic rings. The number of nitrogens with zero attached hydrogens (tertiary/aromatic N) is 1. The number of aliphatic hydroxyl groups is 1. The lowest BCUT2D eigenvalue weighted by Gasteiger charge is -2.29. The molecule has 6 nitrogen and oxygen atoms in total. The second kappa shape index (κ2) is 7.90. The van der Waals surface area contributed by atoms with Crippen molar-refractivity contribution in [1.29, 1.82) is 0 Å². The molecule has 0 radical (unpaired) electrons. The molecular weight excluding hydrogens is 330 g/mol. The molecule has 0 aliphatic carbocycles. The van der Waals surface area contributed by atoms with Gasteiger partial charge in [-0.15, -0.1) is 0 Å². The summed E-state index contributed by atoms with van der Waals surface area (Å²) >= 11 is 0. The Morgan fingerprint density at radius 1 is 1.17 bits per heavy atom. The predicted octanol–water partition coefficient (Wildman–Crippen LogP) is 1.05. The van der Waals surface area contributed by atoms with Crippen LogP contribution in [0, 0.1) is 0 Å². The van der Waals surface area contributed by atoms with E-state index in [1.165, 1.54) is 4.90 Å². The lowest BCUT2D eigenvalue weighted by molar-refractivity contribution is -0.134. The van der Waals surface area contributed by atoms with Gasteiger partial charge in [0.05, 0.1) is 23.7 Å². The van der Waals surface area contributed by atoms with Crippen LogP contribution in [0.25, 0.3) is 0 Å². The van der Waals surface area contributed by atoms with Crippen LogP contribution < -0.4 is 0 Å². The van der Waals surface area contributed by atoms with E-state index in [0.717, 1.165) is 0 Å². The molecular formula is C17H23NO5S. The first-order valence-electron chi connectivity index (χ1n) is 8.10. The van der Waals surface area contributed by atoms with Crippen molar-refractivity contribution in [3.05, 3.63) is 35.9 Å². The summed E-state index contributed by atoms with van der Waals surface area (Å²) in [5.41, 5.74) is 0.620. The van der Waals surface area contributed by atoms with Crippen LogP contribution in [0.15, 0.2) is 30.3 Å². The number of amides is 1. The van der Waals surface area contributed by atoms with Gasteiger partial charge in [-0.1, -0.05) is 30.3 Å². The topological polar surface area (TPSA) is 91.8 Å². The SMILES string of the molecule is CCN(C(=O)CCCC(=O)c1ccccc1)[C@H]1CS(=O)(=O)C[C@@H]1O. The summed E-state index contributed by atoms with van der Waals surface area (Å²) in [6, 6.07) is 8.21. The number of rotatable bonds is 7. The van der Waals surface area contributed by atoms with Crippen LogP contribution in [0.3, 0.4) is 0 Å². The Balaban J connectivity index is 1.88. The van der Waals surface area contributed by atoms with Crippen LogP contribution in [-0.4, -0.2) is 60.3 Å². The van der Waals surface area contributed by atoms with Crippen LogP contribution in [0.1, 0.15) is 36.5 Å². The summed E-state index contributed by atoms with van der Waals surface area (Å²) in [4.78, 5) is 25.8. The highest BCUT2D eigenvalue weighted by atomic mass is 32.2. The quantitative estimate of drug-likeness (QED) is 0.740. The number of hydrogen-bond donors (Lipinski definition) is 1. The fourth-order valence-corrected chi connectivity index (χ4v) is 4.82. The number of carbonyl (C=O) groups is 2. The standard InChI is InChI=1S/C17H23NO5S/c1-2-18(14-11-24(22,23)12-16(14)20)17(21)10-6-9-15(19)13-7-4-3-5-8-13/h3-5,7-8,14,16,20H,2,6,9-12H2,1H3/t14-,16-/m0/s1. The number of aliphatic hydroxyl groups excluding tert-OH is 1. The van der Waals surface area contributed by atoms with E-state index in [9.17, 15) is 23.1 Å². The van der Waals surface area contributed by atoms with Gasteiger partial charge in [-0.25, -0.2) is 8.42 Å². The van der Waals surface area contributed by atoms with Crippen LogP contribution in [-0.2, 0) is 14.6 Å². The molecule has 0 saturated carbocycles. The van der Waals surface area contributed by atoms with Gasteiger partial charge in [0.25, 0.3) is 0 Å². The Labute approximate surface area is 142 Å². The predicted molar refractivity (Wildman–Crippen MR) is 90.5 cm³/mol. The molecule has 7 heteroatoms. The molecule has 1 aliphatic heterocycles. The molecule has 1 fully saturated rings. The number of sulfone groups is 1. The van der Waals surface area contributed by atoms with Crippen molar-refractivity contribution >= 4 is 21.5 Å². The zero-order chi connectivity index (χ0) is 17.7.